The highest BCUT2D eigenvalue weighted by Crippen LogP contribution is 2.22. The number of thioether (sulfide) groups is 1. The van der Waals surface area contributed by atoms with E-state index in [9.17, 15) is 4.79 Å². The van der Waals surface area contributed by atoms with Gasteiger partial charge in [0.05, 0.1) is 0 Å². The first-order valence-electron chi connectivity index (χ1n) is 3.94. The van der Waals surface area contributed by atoms with Crippen molar-refractivity contribution >= 4 is 17.5 Å². The van der Waals surface area contributed by atoms with E-state index in [-0.39, 0.29) is 0 Å². The third-order valence-electron chi connectivity index (χ3n) is 2.05. The fourth-order valence-electron chi connectivity index (χ4n) is 1.34. The molecule has 0 aromatic rings. The van der Waals surface area contributed by atoms with Crippen LogP contribution in [0.25, 0.3) is 0 Å². The first-order chi connectivity index (χ1) is 5.24. The Morgan fingerprint density at radius 1 is 1.73 bits per heavy atom. The molecule has 11 heavy (non-hydrogen) atoms. The van der Waals surface area contributed by atoms with Gasteiger partial charge in [-0.3, -0.25) is 4.79 Å². The number of hydrogen-bond acceptors (Lipinski definition) is 2. The quantitative estimate of drug-likeness (QED) is 0.632. The van der Waals surface area contributed by atoms with Crippen molar-refractivity contribution in [1.82, 2.24) is 0 Å². The molecule has 0 fully saturated rings. The van der Waals surface area contributed by atoms with Crippen molar-refractivity contribution < 1.29 is 4.79 Å². The van der Waals surface area contributed by atoms with E-state index in [1.165, 1.54) is 5.57 Å². The van der Waals surface area contributed by atoms with Gasteiger partial charge in [0.2, 0.25) is 0 Å². The zero-order chi connectivity index (χ0) is 8.27. The lowest BCUT2D eigenvalue weighted by Gasteiger charge is -2.17. The smallest absolute Gasteiger partial charge is 0.159 e. The number of rotatable bonds is 2. The molecule has 1 rings (SSSR count). The Hall–Kier alpha value is -0.240. The summed E-state index contributed by atoms with van der Waals surface area (Å²) in [7, 11) is 0. The van der Waals surface area contributed by atoms with E-state index < -0.39 is 0 Å². The molecule has 0 aromatic carbocycles. The summed E-state index contributed by atoms with van der Waals surface area (Å²) in [4.78, 5) is 11.3. The molecule has 0 amide bonds. The molecule has 1 aliphatic carbocycles. The molecule has 1 unspecified atom stereocenters. The second-order valence-corrected chi connectivity index (χ2v) is 3.99. The predicted octanol–water partition coefficient (Wildman–Crippen LogP) is 2.27. The molecule has 62 valence electrons. The van der Waals surface area contributed by atoms with E-state index in [0.29, 0.717) is 11.7 Å². The monoisotopic (exact) mass is 170 g/mol. The predicted molar refractivity (Wildman–Crippen MR) is 49.9 cm³/mol. The molecule has 0 heterocycles. The summed E-state index contributed by atoms with van der Waals surface area (Å²) in [6.45, 7) is 2.03. The summed E-state index contributed by atoms with van der Waals surface area (Å²) < 4.78 is 0. The maximum Gasteiger partial charge on any atom is 0.159 e. The van der Waals surface area contributed by atoms with Crippen LogP contribution in [0.2, 0.25) is 0 Å². The molecule has 1 aliphatic rings. The van der Waals surface area contributed by atoms with Crippen LogP contribution in [-0.2, 0) is 4.79 Å². The van der Waals surface area contributed by atoms with Crippen LogP contribution in [0.3, 0.4) is 0 Å². The average molecular weight is 170 g/mol. The molecule has 0 aromatic heterocycles. The lowest BCUT2D eigenvalue weighted by molar-refractivity contribution is -0.118. The molecular formula is C9H14OS. The lowest BCUT2D eigenvalue weighted by Crippen LogP contribution is -2.18. The van der Waals surface area contributed by atoms with Gasteiger partial charge in [-0.1, -0.05) is 5.57 Å². The first-order valence-corrected chi connectivity index (χ1v) is 5.33. The summed E-state index contributed by atoms with van der Waals surface area (Å²) in [6, 6.07) is 0. The Balaban J connectivity index is 2.54. The molecule has 1 nitrogen and oxygen atoms in total. The zero-order valence-electron chi connectivity index (χ0n) is 7.09. The molecule has 0 radical (unpaired) electrons. The SMILES string of the molecule is CSCC1CCC(C)=CC1=O. The van der Waals surface area contributed by atoms with Crippen molar-refractivity contribution in [3.63, 3.8) is 0 Å². The van der Waals surface area contributed by atoms with Crippen LogP contribution in [0.4, 0.5) is 0 Å². The van der Waals surface area contributed by atoms with Crippen molar-refractivity contribution in [2.24, 2.45) is 5.92 Å². The van der Waals surface area contributed by atoms with Gasteiger partial charge < -0.3 is 0 Å². The molecule has 1 atom stereocenters. The molecular weight excluding hydrogens is 156 g/mol. The number of carbonyl (C=O) groups excluding carboxylic acids is 1. The second kappa shape index (κ2) is 3.96. The van der Waals surface area contributed by atoms with E-state index >= 15 is 0 Å². The van der Waals surface area contributed by atoms with Gasteiger partial charge in [-0.15, -0.1) is 0 Å². The topological polar surface area (TPSA) is 17.1 Å². The number of carbonyl (C=O) groups is 1. The molecule has 2 heteroatoms. The van der Waals surface area contributed by atoms with Crippen LogP contribution in [-0.4, -0.2) is 17.8 Å². The fourth-order valence-corrected chi connectivity index (χ4v) is 2.08. The highest BCUT2D eigenvalue weighted by atomic mass is 32.2. The molecule has 0 aliphatic heterocycles. The summed E-state index contributed by atoms with van der Waals surface area (Å²) in [5.41, 5.74) is 1.24. The third-order valence-corrected chi connectivity index (χ3v) is 2.78. The normalized spacial score (nSPS) is 25.1. The molecule has 0 saturated heterocycles. The molecule has 0 bridgehead atoms. The zero-order valence-corrected chi connectivity index (χ0v) is 7.91. The van der Waals surface area contributed by atoms with Gasteiger partial charge >= 0.3 is 0 Å². The van der Waals surface area contributed by atoms with Gasteiger partial charge in [0.15, 0.2) is 5.78 Å². The summed E-state index contributed by atoms with van der Waals surface area (Å²) in [5, 5.41) is 0. The van der Waals surface area contributed by atoms with E-state index in [4.69, 9.17) is 0 Å². The Morgan fingerprint density at radius 3 is 3.00 bits per heavy atom. The number of hydrogen-bond donors (Lipinski definition) is 0. The molecule has 0 saturated carbocycles. The van der Waals surface area contributed by atoms with Crippen LogP contribution in [0, 0.1) is 5.92 Å². The Bertz CT molecular complexity index is 184. The van der Waals surface area contributed by atoms with Gasteiger partial charge in [0.1, 0.15) is 0 Å². The van der Waals surface area contributed by atoms with Gasteiger partial charge in [-0.2, -0.15) is 11.8 Å². The van der Waals surface area contributed by atoms with Gasteiger partial charge in [-0.25, -0.2) is 0 Å². The summed E-state index contributed by atoms with van der Waals surface area (Å²) in [6.07, 6.45) is 6.03. The number of allylic oxidation sites excluding steroid dienone is 2. The van der Waals surface area contributed by atoms with Crippen molar-refractivity contribution in [1.29, 1.82) is 0 Å². The van der Waals surface area contributed by atoms with E-state index in [2.05, 4.69) is 6.26 Å². The van der Waals surface area contributed by atoms with E-state index in [1.807, 2.05) is 13.0 Å². The van der Waals surface area contributed by atoms with Crippen LogP contribution in [0.1, 0.15) is 19.8 Å². The maximum absolute atomic E-state index is 11.3. The lowest BCUT2D eigenvalue weighted by atomic mass is 9.91. The van der Waals surface area contributed by atoms with Gasteiger partial charge in [-0.05, 0) is 32.1 Å². The largest absolute Gasteiger partial charge is 0.295 e. The summed E-state index contributed by atoms with van der Waals surface area (Å²) in [5.74, 6) is 1.62. The van der Waals surface area contributed by atoms with Crippen molar-refractivity contribution in [3.8, 4) is 0 Å². The first kappa shape index (κ1) is 8.85. The van der Waals surface area contributed by atoms with E-state index in [1.54, 1.807) is 11.8 Å². The standard InChI is InChI=1S/C9H14OS/c1-7-3-4-8(6-11-2)9(10)5-7/h5,8H,3-4,6H2,1-2H3. The van der Waals surface area contributed by atoms with Crippen molar-refractivity contribution in [2.75, 3.05) is 12.0 Å². The van der Waals surface area contributed by atoms with Crippen LogP contribution in [0.5, 0.6) is 0 Å². The Morgan fingerprint density at radius 2 is 2.45 bits per heavy atom. The molecule has 0 spiro atoms. The van der Waals surface area contributed by atoms with E-state index in [0.717, 1.165) is 18.6 Å². The van der Waals surface area contributed by atoms with Crippen molar-refractivity contribution in [3.05, 3.63) is 11.6 Å². The fraction of sp³-hybridized carbons (Fsp3) is 0.667. The van der Waals surface area contributed by atoms with Crippen LogP contribution >= 0.6 is 11.8 Å². The average Bonchev–Trinajstić information content (AvgIpc) is 1.95. The Kier molecular flexibility index (Phi) is 3.18. The maximum atomic E-state index is 11.3. The van der Waals surface area contributed by atoms with Gasteiger partial charge in [0.25, 0.3) is 0 Å². The highest BCUT2D eigenvalue weighted by molar-refractivity contribution is 7.98. The minimum Gasteiger partial charge on any atom is -0.295 e. The Labute approximate surface area is 72.2 Å². The number of ketones is 1. The second-order valence-electron chi connectivity index (χ2n) is 3.08. The van der Waals surface area contributed by atoms with Crippen LogP contribution in [0.15, 0.2) is 11.6 Å². The minimum atomic E-state index is 0.300. The third kappa shape index (κ3) is 2.37. The summed E-state index contributed by atoms with van der Waals surface area (Å²) >= 11 is 1.76. The highest BCUT2D eigenvalue weighted by Gasteiger charge is 2.19. The van der Waals surface area contributed by atoms with Crippen LogP contribution < -0.4 is 0 Å². The molecule has 0 N–H and O–H groups in total. The van der Waals surface area contributed by atoms with Crippen molar-refractivity contribution in [2.45, 2.75) is 19.8 Å². The minimum absolute atomic E-state index is 0.300. The van der Waals surface area contributed by atoms with Gasteiger partial charge in [0, 0.05) is 11.7 Å².